The molecule has 0 radical (unpaired) electrons. The molecule has 0 saturated carbocycles. The van der Waals surface area contributed by atoms with E-state index in [1.807, 2.05) is 18.2 Å². The van der Waals surface area contributed by atoms with Crippen LogP contribution in [0.2, 0.25) is 0 Å². The summed E-state index contributed by atoms with van der Waals surface area (Å²) in [7, 11) is 0. The van der Waals surface area contributed by atoms with Gasteiger partial charge in [-0.05, 0) is 34.1 Å². The van der Waals surface area contributed by atoms with Crippen LogP contribution in [-0.2, 0) is 0 Å². The highest BCUT2D eigenvalue weighted by Crippen LogP contribution is 2.34. The number of halogens is 1. The highest BCUT2D eigenvalue weighted by atomic mass is 79.9. The van der Waals surface area contributed by atoms with E-state index >= 15 is 0 Å². The number of hydrogen-bond acceptors (Lipinski definition) is 3. The van der Waals surface area contributed by atoms with Gasteiger partial charge in [0.2, 0.25) is 0 Å². The third-order valence-electron chi connectivity index (χ3n) is 2.40. The van der Waals surface area contributed by atoms with E-state index in [0.717, 1.165) is 27.5 Å². The zero-order chi connectivity index (χ0) is 11.0. The summed E-state index contributed by atoms with van der Waals surface area (Å²) < 4.78 is 11.7. The van der Waals surface area contributed by atoms with Gasteiger partial charge in [-0.1, -0.05) is 0 Å². The van der Waals surface area contributed by atoms with Crippen LogP contribution in [0.25, 0.3) is 11.3 Å². The minimum Gasteiger partial charge on any atom is -0.486 e. The van der Waals surface area contributed by atoms with Crippen molar-refractivity contribution < 1.29 is 9.47 Å². The Morgan fingerprint density at radius 1 is 1.19 bits per heavy atom. The van der Waals surface area contributed by atoms with E-state index in [4.69, 9.17) is 9.47 Å². The van der Waals surface area contributed by atoms with E-state index < -0.39 is 0 Å². The molecule has 82 valence electrons. The largest absolute Gasteiger partial charge is 0.486 e. The molecule has 0 bridgehead atoms. The lowest BCUT2D eigenvalue weighted by Crippen LogP contribution is -2.15. The van der Waals surface area contributed by atoms with Gasteiger partial charge < -0.3 is 14.5 Å². The molecule has 0 aliphatic carbocycles. The average Bonchev–Trinajstić information content (AvgIpc) is 2.75. The van der Waals surface area contributed by atoms with Crippen LogP contribution >= 0.6 is 15.9 Å². The Labute approximate surface area is 101 Å². The number of aromatic amines is 1. The Morgan fingerprint density at radius 2 is 2.00 bits per heavy atom. The first-order valence-electron chi connectivity index (χ1n) is 4.93. The maximum atomic E-state index is 5.52. The molecular formula is C11H9BrN2O2. The van der Waals surface area contributed by atoms with Gasteiger partial charge in [0, 0.05) is 5.56 Å². The molecule has 2 aromatic rings. The Kier molecular flexibility index (Phi) is 2.32. The maximum Gasteiger partial charge on any atom is 0.174 e. The minimum absolute atomic E-state index is 0.600. The van der Waals surface area contributed by atoms with Crippen molar-refractivity contribution in [3.8, 4) is 22.8 Å². The number of hydrogen-bond donors (Lipinski definition) is 1. The summed E-state index contributed by atoms with van der Waals surface area (Å²) in [5.74, 6) is 1.59. The number of nitrogens with zero attached hydrogens (tertiary/aromatic N) is 1. The number of rotatable bonds is 1. The molecule has 1 aromatic heterocycles. The van der Waals surface area contributed by atoms with Gasteiger partial charge in [-0.15, -0.1) is 0 Å². The second-order valence-corrected chi connectivity index (χ2v) is 4.20. The zero-order valence-corrected chi connectivity index (χ0v) is 9.95. The molecule has 16 heavy (non-hydrogen) atoms. The molecule has 0 unspecified atom stereocenters. The molecule has 1 aliphatic heterocycles. The number of fused-ring (bicyclic) bond motifs is 1. The number of H-pyrrole nitrogens is 1. The van der Waals surface area contributed by atoms with Gasteiger partial charge in [0.05, 0.1) is 11.9 Å². The van der Waals surface area contributed by atoms with Gasteiger partial charge in [0.25, 0.3) is 0 Å². The molecule has 0 amide bonds. The van der Waals surface area contributed by atoms with Crippen LogP contribution in [0.15, 0.2) is 29.1 Å². The molecule has 0 spiro atoms. The normalized spacial score (nSPS) is 13.8. The minimum atomic E-state index is 0.600. The predicted octanol–water partition coefficient (Wildman–Crippen LogP) is 2.61. The molecule has 0 fully saturated rings. The first-order valence-corrected chi connectivity index (χ1v) is 5.73. The van der Waals surface area contributed by atoms with Crippen molar-refractivity contribution in [1.82, 2.24) is 9.97 Å². The molecule has 3 rings (SSSR count). The number of nitrogens with one attached hydrogen (secondary N) is 1. The summed E-state index contributed by atoms with van der Waals surface area (Å²) in [5, 5.41) is 0. The fourth-order valence-electron chi connectivity index (χ4n) is 1.65. The van der Waals surface area contributed by atoms with Gasteiger partial charge in [0.1, 0.15) is 13.2 Å². The van der Waals surface area contributed by atoms with E-state index in [9.17, 15) is 0 Å². The second kappa shape index (κ2) is 3.83. The number of ether oxygens (including phenoxy) is 2. The molecule has 0 atom stereocenters. The predicted molar refractivity (Wildman–Crippen MR) is 62.7 cm³/mol. The van der Waals surface area contributed by atoms with Gasteiger partial charge in [0.15, 0.2) is 16.2 Å². The lowest BCUT2D eigenvalue weighted by Gasteiger charge is -2.18. The smallest absolute Gasteiger partial charge is 0.174 e. The Morgan fingerprint density at radius 3 is 2.75 bits per heavy atom. The van der Waals surface area contributed by atoms with Crippen molar-refractivity contribution in [3.05, 3.63) is 29.1 Å². The molecule has 1 N–H and O–H groups in total. The van der Waals surface area contributed by atoms with Crippen LogP contribution in [0.3, 0.4) is 0 Å². The first-order chi connectivity index (χ1) is 7.83. The number of imidazole rings is 1. The van der Waals surface area contributed by atoms with Gasteiger partial charge in [-0.2, -0.15) is 0 Å². The van der Waals surface area contributed by atoms with Crippen LogP contribution in [0.5, 0.6) is 11.5 Å². The second-order valence-electron chi connectivity index (χ2n) is 3.45. The number of benzene rings is 1. The fourth-order valence-corrected chi connectivity index (χ4v) is 1.97. The van der Waals surface area contributed by atoms with Crippen molar-refractivity contribution >= 4 is 15.9 Å². The van der Waals surface area contributed by atoms with Crippen molar-refractivity contribution in [2.45, 2.75) is 0 Å². The Bertz CT molecular complexity index is 524. The molecule has 5 heteroatoms. The van der Waals surface area contributed by atoms with Gasteiger partial charge in [-0.25, -0.2) is 4.98 Å². The van der Waals surface area contributed by atoms with E-state index in [-0.39, 0.29) is 0 Å². The highest BCUT2D eigenvalue weighted by Gasteiger charge is 2.12. The van der Waals surface area contributed by atoms with E-state index in [2.05, 4.69) is 25.9 Å². The Hall–Kier alpha value is -1.49. The van der Waals surface area contributed by atoms with Crippen LogP contribution in [0.4, 0.5) is 0 Å². The van der Waals surface area contributed by atoms with Gasteiger partial charge in [-0.3, -0.25) is 0 Å². The van der Waals surface area contributed by atoms with Crippen molar-refractivity contribution in [1.29, 1.82) is 0 Å². The Balaban J connectivity index is 2.02. The third-order valence-corrected chi connectivity index (χ3v) is 2.80. The monoisotopic (exact) mass is 280 g/mol. The summed E-state index contributed by atoms with van der Waals surface area (Å²) in [5.41, 5.74) is 1.98. The van der Waals surface area contributed by atoms with E-state index in [1.165, 1.54) is 0 Å². The maximum absolute atomic E-state index is 5.52. The highest BCUT2D eigenvalue weighted by molar-refractivity contribution is 9.10. The molecular weight excluding hydrogens is 272 g/mol. The number of aromatic nitrogens is 2. The molecule has 2 heterocycles. The van der Waals surface area contributed by atoms with E-state index in [1.54, 1.807) is 6.20 Å². The summed E-state index contributed by atoms with van der Waals surface area (Å²) in [4.78, 5) is 7.20. The summed E-state index contributed by atoms with van der Waals surface area (Å²) in [6.45, 7) is 1.21. The average molecular weight is 281 g/mol. The van der Waals surface area contributed by atoms with Crippen LogP contribution in [0.1, 0.15) is 0 Å². The van der Waals surface area contributed by atoms with Crippen LogP contribution in [0, 0.1) is 0 Å². The standard InChI is InChI=1S/C11H9BrN2O2/c12-11-13-6-8(14-11)7-1-2-9-10(5-7)16-4-3-15-9/h1-2,5-6H,3-4H2,(H,13,14). The first kappa shape index (κ1) is 9.72. The van der Waals surface area contributed by atoms with Crippen LogP contribution in [-0.4, -0.2) is 23.2 Å². The molecule has 0 saturated heterocycles. The van der Waals surface area contributed by atoms with Crippen molar-refractivity contribution in [2.24, 2.45) is 0 Å². The lowest BCUT2D eigenvalue weighted by molar-refractivity contribution is 0.171. The topological polar surface area (TPSA) is 47.1 Å². The van der Waals surface area contributed by atoms with Gasteiger partial charge >= 0.3 is 0 Å². The zero-order valence-electron chi connectivity index (χ0n) is 8.37. The quantitative estimate of drug-likeness (QED) is 0.874. The van der Waals surface area contributed by atoms with E-state index in [0.29, 0.717) is 13.2 Å². The molecule has 1 aromatic carbocycles. The van der Waals surface area contributed by atoms with Crippen LogP contribution < -0.4 is 9.47 Å². The third kappa shape index (κ3) is 1.67. The lowest BCUT2D eigenvalue weighted by atomic mass is 10.1. The van der Waals surface area contributed by atoms with Crippen molar-refractivity contribution in [2.75, 3.05) is 13.2 Å². The van der Waals surface area contributed by atoms with Crippen molar-refractivity contribution in [3.63, 3.8) is 0 Å². The fraction of sp³-hybridized carbons (Fsp3) is 0.182. The summed E-state index contributed by atoms with van der Waals surface area (Å²) in [6, 6.07) is 5.85. The molecule has 1 aliphatic rings. The summed E-state index contributed by atoms with van der Waals surface area (Å²) >= 11 is 3.28. The SMILES string of the molecule is Brc1ncc(-c2ccc3c(c2)OCCO3)[nH]1. The molecule has 4 nitrogen and oxygen atoms in total. The summed E-state index contributed by atoms with van der Waals surface area (Å²) in [6.07, 6.45) is 1.77.